The summed E-state index contributed by atoms with van der Waals surface area (Å²) in [6, 6.07) is 18.7. The van der Waals surface area contributed by atoms with Crippen molar-refractivity contribution in [1.29, 1.82) is 0 Å². The molecule has 3 radical (unpaired) electrons. The summed E-state index contributed by atoms with van der Waals surface area (Å²) < 4.78 is 0. The zero-order valence-electron chi connectivity index (χ0n) is 5.39. The zero-order chi connectivity index (χ0) is 6.81. The molecule has 2 aromatic carbocycles. The molecule has 2 aromatic rings. The van der Waals surface area contributed by atoms with Gasteiger partial charge < -0.3 is 0 Å². The van der Waals surface area contributed by atoms with Gasteiger partial charge in [0.2, 0.25) is 0 Å². The van der Waals surface area contributed by atoms with Crippen molar-refractivity contribution < 1.29 is 0 Å². The molecule has 0 aliphatic carbocycles. The van der Waals surface area contributed by atoms with Crippen LogP contribution in [0.1, 0.15) is 0 Å². The minimum absolute atomic E-state index is 1.07. The fraction of sp³-hybridized carbons (Fsp3) is 0. The molecule has 0 fully saturated rings. The highest BCUT2D eigenvalue weighted by Gasteiger charge is 1.86. The molecule has 0 saturated carbocycles. The molecule has 0 aliphatic heterocycles. The van der Waals surface area contributed by atoms with Gasteiger partial charge in [0.15, 0.2) is 0 Å². The van der Waals surface area contributed by atoms with Crippen molar-refractivity contribution in [3.05, 3.63) is 48.5 Å². The molecule has 0 saturated heterocycles. The van der Waals surface area contributed by atoms with E-state index in [2.05, 4.69) is 18.2 Å². The number of rotatable bonds is 0. The van der Waals surface area contributed by atoms with Gasteiger partial charge in [0.05, 0.1) is 0 Å². The van der Waals surface area contributed by atoms with Gasteiger partial charge in [-0.15, -0.1) is 0 Å². The van der Waals surface area contributed by atoms with Crippen LogP contribution in [0, 0.1) is 18.2 Å². The fourth-order valence-electron chi connectivity index (χ4n) is 0.939. The van der Waals surface area contributed by atoms with Crippen molar-refractivity contribution >= 4 is 10.8 Å². The number of fused-ring (bicyclic) bond motifs is 1. The Hall–Kier alpha value is -1.30. The molecule has 0 heteroatoms. The van der Waals surface area contributed by atoms with Crippen LogP contribution in [0.4, 0.5) is 0 Å². The number of benzene rings is 2. The van der Waals surface area contributed by atoms with Crippen LogP contribution in [0.25, 0.3) is 10.8 Å². The molecule has 0 heterocycles. The maximum atomic E-state index is 3.09. The Bertz CT molecular complexity index is 271. The molecule has 0 spiro atoms. The topological polar surface area (TPSA) is 0 Å². The fourth-order valence-corrected chi connectivity index (χ4v) is 0.939. The summed E-state index contributed by atoms with van der Waals surface area (Å²) in [4.78, 5) is 0. The molecule has 0 aromatic heterocycles. The molecule has 0 atom stereocenters. The van der Waals surface area contributed by atoms with Gasteiger partial charge >= 0.3 is 0 Å². The van der Waals surface area contributed by atoms with Crippen LogP contribution in [0.3, 0.4) is 0 Å². The molecule has 2 rings (SSSR count). The highest BCUT2D eigenvalue weighted by Crippen LogP contribution is 2.09. The third-order valence-corrected chi connectivity index (χ3v) is 1.43. The third-order valence-electron chi connectivity index (χ3n) is 1.43. The predicted octanol–water partition coefficient (Wildman–Crippen LogP) is 2.24. The van der Waals surface area contributed by atoms with E-state index in [4.69, 9.17) is 0 Å². The SMILES string of the molecule is [c]1c[c]c2ccc[c]c2c1. The minimum Gasteiger partial charge on any atom is -0.0610 e. The smallest absolute Gasteiger partial charge is 0.00926 e. The highest BCUT2D eigenvalue weighted by molar-refractivity contribution is 5.80. The Labute approximate surface area is 60.1 Å². The summed E-state index contributed by atoms with van der Waals surface area (Å²) in [5.41, 5.74) is 0. The second-order valence-corrected chi connectivity index (χ2v) is 2.10. The van der Waals surface area contributed by atoms with E-state index in [0.717, 1.165) is 10.8 Å². The normalized spacial score (nSPS) is 10.0. The van der Waals surface area contributed by atoms with Crippen LogP contribution in [0.2, 0.25) is 0 Å². The molecule has 0 nitrogen and oxygen atoms in total. The van der Waals surface area contributed by atoms with Crippen molar-refractivity contribution in [3.8, 4) is 0 Å². The molecule has 0 aliphatic rings. The van der Waals surface area contributed by atoms with E-state index in [1.165, 1.54) is 0 Å². The Morgan fingerprint density at radius 2 is 2.10 bits per heavy atom. The van der Waals surface area contributed by atoms with Gasteiger partial charge in [0, 0.05) is 0 Å². The largest absolute Gasteiger partial charge is 0.0610 e. The molecule has 0 bridgehead atoms. The van der Waals surface area contributed by atoms with Crippen molar-refractivity contribution in [2.24, 2.45) is 0 Å². The summed E-state index contributed by atoms with van der Waals surface area (Å²) in [5.74, 6) is 0. The summed E-state index contributed by atoms with van der Waals surface area (Å²) in [6.45, 7) is 0. The second kappa shape index (κ2) is 2.14. The molecule has 10 heavy (non-hydrogen) atoms. The van der Waals surface area contributed by atoms with Crippen molar-refractivity contribution in [2.75, 3.05) is 0 Å². The maximum Gasteiger partial charge on any atom is -0.00926 e. The van der Waals surface area contributed by atoms with E-state index < -0.39 is 0 Å². The Balaban J connectivity index is 2.89. The zero-order valence-corrected chi connectivity index (χ0v) is 5.39. The first-order chi connectivity index (χ1) is 4.97. The van der Waals surface area contributed by atoms with Crippen LogP contribution >= 0.6 is 0 Å². The maximum absolute atomic E-state index is 3.09. The quantitative estimate of drug-likeness (QED) is 0.506. The van der Waals surface area contributed by atoms with E-state index in [1.807, 2.05) is 24.3 Å². The van der Waals surface area contributed by atoms with Gasteiger partial charge in [-0.1, -0.05) is 18.2 Å². The van der Waals surface area contributed by atoms with Crippen LogP contribution < -0.4 is 0 Å². The number of hydrogen-bond donors (Lipinski definition) is 0. The van der Waals surface area contributed by atoms with E-state index in [1.54, 1.807) is 6.07 Å². The van der Waals surface area contributed by atoms with E-state index in [-0.39, 0.29) is 0 Å². The summed E-state index contributed by atoms with van der Waals surface area (Å²) in [7, 11) is 0. The van der Waals surface area contributed by atoms with Crippen LogP contribution in [0.5, 0.6) is 0 Å². The van der Waals surface area contributed by atoms with Gasteiger partial charge in [-0.25, -0.2) is 0 Å². The molecule has 45 valence electrons. The van der Waals surface area contributed by atoms with Gasteiger partial charge in [-0.3, -0.25) is 0 Å². The van der Waals surface area contributed by atoms with E-state index >= 15 is 0 Å². The Morgan fingerprint density at radius 3 is 3.00 bits per heavy atom. The first kappa shape index (κ1) is 5.48. The van der Waals surface area contributed by atoms with E-state index in [9.17, 15) is 0 Å². The first-order valence-electron chi connectivity index (χ1n) is 3.15. The number of hydrogen-bond acceptors (Lipinski definition) is 0. The first-order valence-corrected chi connectivity index (χ1v) is 3.15. The van der Waals surface area contributed by atoms with Crippen molar-refractivity contribution in [1.82, 2.24) is 0 Å². The predicted molar refractivity (Wildman–Crippen MR) is 40.5 cm³/mol. The van der Waals surface area contributed by atoms with E-state index in [0.29, 0.717) is 0 Å². The molecular weight excluding hydrogens is 120 g/mol. The third kappa shape index (κ3) is 0.781. The lowest BCUT2D eigenvalue weighted by Gasteiger charge is -1.90. The highest BCUT2D eigenvalue weighted by atomic mass is 13.9. The van der Waals surface area contributed by atoms with Crippen molar-refractivity contribution in [3.63, 3.8) is 0 Å². The lowest BCUT2D eigenvalue weighted by molar-refractivity contribution is 1.72. The van der Waals surface area contributed by atoms with Gasteiger partial charge in [-0.05, 0) is 41.1 Å². The summed E-state index contributed by atoms with van der Waals surface area (Å²) >= 11 is 0. The van der Waals surface area contributed by atoms with Gasteiger partial charge in [0.25, 0.3) is 0 Å². The lowest BCUT2D eigenvalue weighted by atomic mass is 10.1. The van der Waals surface area contributed by atoms with Crippen LogP contribution in [0.15, 0.2) is 30.3 Å². The second-order valence-electron chi connectivity index (χ2n) is 2.10. The molecular formula is C10H5. The van der Waals surface area contributed by atoms with Crippen LogP contribution in [-0.4, -0.2) is 0 Å². The molecule has 0 N–H and O–H groups in total. The average Bonchev–Trinajstić information content (AvgIpc) is 2.05. The Kier molecular flexibility index (Phi) is 1.17. The molecule has 0 unspecified atom stereocenters. The van der Waals surface area contributed by atoms with Gasteiger partial charge in [-0.2, -0.15) is 0 Å². The lowest BCUT2D eigenvalue weighted by Crippen LogP contribution is -1.69. The monoisotopic (exact) mass is 125 g/mol. The average molecular weight is 125 g/mol. The minimum atomic E-state index is 1.07. The summed E-state index contributed by atoms with van der Waals surface area (Å²) in [6.07, 6.45) is 0. The molecule has 0 amide bonds. The van der Waals surface area contributed by atoms with Crippen molar-refractivity contribution in [2.45, 2.75) is 0 Å². The summed E-state index contributed by atoms with van der Waals surface area (Å²) in [5, 5.41) is 2.17. The standard InChI is InChI=1S/C10H5/c1-2-6-10-8-4-3-7-9(10)5-1/h1-3,5,8H. The van der Waals surface area contributed by atoms with Crippen LogP contribution in [-0.2, 0) is 0 Å². The van der Waals surface area contributed by atoms with Gasteiger partial charge in [0.1, 0.15) is 0 Å². The Morgan fingerprint density at radius 1 is 1.10 bits per heavy atom.